The fourth-order valence-corrected chi connectivity index (χ4v) is 1.89. The van der Waals surface area contributed by atoms with Gasteiger partial charge in [-0.25, -0.2) is 4.79 Å². The number of ether oxygens (including phenoxy) is 2. The van der Waals surface area contributed by atoms with Crippen LogP contribution in [0.4, 0.5) is 10.5 Å². The van der Waals surface area contributed by atoms with Crippen LogP contribution in [0.3, 0.4) is 0 Å². The van der Waals surface area contributed by atoms with Gasteiger partial charge >= 0.3 is 6.03 Å². The molecular weight excluding hydrogens is 292 g/mol. The maximum atomic E-state index is 11.8. The number of hydrogen-bond acceptors (Lipinski definition) is 3. The maximum absolute atomic E-state index is 11.8. The van der Waals surface area contributed by atoms with Crippen LogP contribution in [-0.4, -0.2) is 26.8 Å². The average Bonchev–Trinajstić information content (AvgIpc) is 2.59. The van der Waals surface area contributed by atoms with Crippen molar-refractivity contribution < 1.29 is 14.3 Å². The van der Waals surface area contributed by atoms with Crippen LogP contribution in [0.5, 0.6) is 11.5 Å². The zero-order chi connectivity index (χ0) is 16.5. The van der Waals surface area contributed by atoms with E-state index in [0.717, 1.165) is 5.56 Å². The lowest BCUT2D eigenvalue weighted by Gasteiger charge is -2.06. The summed E-state index contributed by atoms with van der Waals surface area (Å²) in [5.74, 6) is 7.24. The quantitative estimate of drug-likeness (QED) is 0.854. The standard InChI is InChI=1S/C18H18N2O3/c1-22-16-10-5-9-15(13-16)20-18(21)19-12-6-8-14-7-3-4-11-17(14)23-2/h3-5,7,9-11,13H,12H2,1-2H3,(H2,19,20,21). The van der Waals surface area contributed by atoms with Crippen LogP contribution in [0.1, 0.15) is 5.56 Å². The van der Waals surface area contributed by atoms with Gasteiger partial charge in [0.15, 0.2) is 0 Å². The highest BCUT2D eigenvalue weighted by Crippen LogP contribution is 2.16. The van der Waals surface area contributed by atoms with E-state index in [1.807, 2.05) is 30.3 Å². The molecular formula is C18H18N2O3. The highest BCUT2D eigenvalue weighted by Gasteiger charge is 2.01. The molecule has 0 bridgehead atoms. The lowest BCUT2D eigenvalue weighted by molar-refractivity contribution is 0.253. The van der Waals surface area contributed by atoms with Crippen molar-refractivity contribution in [3.05, 3.63) is 54.1 Å². The largest absolute Gasteiger partial charge is 0.497 e. The molecule has 0 unspecified atom stereocenters. The van der Waals surface area contributed by atoms with Crippen molar-refractivity contribution in [1.29, 1.82) is 0 Å². The molecule has 0 radical (unpaired) electrons. The molecule has 0 aliphatic rings. The van der Waals surface area contributed by atoms with Gasteiger partial charge in [-0.05, 0) is 24.3 Å². The molecule has 2 amide bonds. The van der Waals surface area contributed by atoms with Gasteiger partial charge in [0, 0.05) is 11.8 Å². The summed E-state index contributed by atoms with van der Waals surface area (Å²) in [5, 5.41) is 5.39. The molecule has 0 aliphatic heterocycles. The Balaban J connectivity index is 1.87. The number of rotatable bonds is 4. The summed E-state index contributed by atoms with van der Waals surface area (Å²) >= 11 is 0. The van der Waals surface area contributed by atoms with Gasteiger partial charge in [-0.2, -0.15) is 0 Å². The zero-order valence-corrected chi connectivity index (χ0v) is 13.1. The lowest BCUT2D eigenvalue weighted by Crippen LogP contribution is -2.28. The predicted octanol–water partition coefficient (Wildman–Crippen LogP) is 2.88. The Morgan fingerprint density at radius 1 is 1.09 bits per heavy atom. The summed E-state index contributed by atoms with van der Waals surface area (Å²) in [6.07, 6.45) is 0. The van der Waals surface area contributed by atoms with Gasteiger partial charge in [-0.1, -0.05) is 30.0 Å². The molecule has 0 fully saturated rings. The molecule has 2 rings (SSSR count). The molecule has 2 aromatic rings. The molecule has 23 heavy (non-hydrogen) atoms. The molecule has 118 valence electrons. The third-order valence-electron chi connectivity index (χ3n) is 2.99. The first-order valence-corrected chi connectivity index (χ1v) is 7.03. The number of anilines is 1. The Morgan fingerprint density at radius 2 is 1.91 bits per heavy atom. The maximum Gasteiger partial charge on any atom is 0.319 e. The van der Waals surface area contributed by atoms with E-state index in [9.17, 15) is 4.79 Å². The van der Waals surface area contributed by atoms with Crippen molar-refractivity contribution >= 4 is 11.7 Å². The number of benzene rings is 2. The van der Waals surface area contributed by atoms with Crippen molar-refractivity contribution in [1.82, 2.24) is 5.32 Å². The number of hydrogen-bond donors (Lipinski definition) is 2. The molecule has 0 atom stereocenters. The Hall–Kier alpha value is -3.13. The normalized spacial score (nSPS) is 9.30. The second kappa shape index (κ2) is 8.35. The molecule has 2 N–H and O–H groups in total. The first-order valence-electron chi connectivity index (χ1n) is 7.03. The van der Waals surface area contributed by atoms with Gasteiger partial charge in [-0.3, -0.25) is 0 Å². The molecule has 0 saturated heterocycles. The van der Waals surface area contributed by atoms with Crippen molar-refractivity contribution in [3.8, 4) is 23.3 Å². The summed E-state index contributed by atoms with van der Waals surface area (Å²) in [6, 6.07) is 14.3. The number of nitrogens with one attached hydrogen (secondary N) is 2. The minimum Gasteiger partial charge on any atom is -0.497 e. The van der Waals surface area contributed by atoms with Crippen molar-refractivity contribution in [2.45, 2.75) is 0 Å². The third-order valence-corrected chi connectivity index (χ3v) is 2.99. The first-order chi connectivity index (χ1) is 11.2. The number of carbonyl (C=O) groups excluding carboxylic acids is 1. The molecule has 0 aromatic heterocycles. The molecule has 2 aromatic carbocycles. The van der Waals surface area contributed by atoms with Crippen LogP contribution in [-0.2, 0) is 0 Å². The fourth-order valence-electron chi connectivity index (χ4n) is 1.89. The van der Waals surface area contributed by atoms with Gasteiger partial charge in [0.05, 0.1) is 26.3 Å². The van der Waals surface area contributed by atoms with Crippen molar-refractivity contribution in [2.24, 2.45) is 0 Å². The van der Waals surface area contributed by atoms with E-state index >= 15 is 0 Å². The van der Waals surface area contributed by atoms with Crippen LogP contribution in [0.15, 0.2) is 48.5 Å². The fraction of sp³-hybridized carbons (Fsp3) is 0.167. The van der Waals surface area contributed by atoms with E-state index in [1.165, 1.54) is 0 Å². The minimum absolute atomic E-state index is 0.230. The Labute approximate surface area is 135 Å². The number of carbonyl (C=O) groups is 1. The molecule has 0 spiro atoms. The Bertz CT molecular complexity index is 732. The predicted molar refractivity (Wildman–Crippen MR) is 89.9 cm³/mol. The average molecular weight is 310 g/mol. The lowest BCUT2D eigenvalue weighted by atomic mass is 10.2. The van der Waals surface area contributed by atoms with E-state index in [2.05, 4.69) is 22.5 Å². The second-order valence-corrected chi connectivity index (χ2v) is 4.54. The SMILES string of the molecule is COc1cccc(NC(=O)NCC#Cc2ccccc2OC)c1. The van der Waals surface area contributed by atoms with E-state index in [0.29, 0.717) is 17.2 Å². The summed E-state index contributed by atoms with van der Waals surface area (Å²) in [6.45, 7) is 0.230. The third kappa shape index (κ3) is 4.97. The van der Waals surface area contributed by atoms with Crippen LogP contribution in [0.2, 0.25) is 0 Å². The van der Waals surface area contributed by atoms with Crippen LogP contribution >= 0.6 is 0 Å². The van der Waals surface area contributed by atoms with E-state index < -0.39 is 0 Å². The number of urea groups is 1. The van der Waals surface area contributed by atoms with Gasteiger partial charge in [0.1, 0.15) is 11.5 Å². The molecule has 5 heteroatoms. The second-order valence-electron chi connectivity index (χ2n) is 4.54. The summed E-state index contributed by atoms with van der Waals surface area (Å²) < 4.78 is 10.3. The van der Waals surface area contributed by atoms with Gasteiger partial charge < -0.3 is 20.1 Å². The Kier molecular flexibility index (Phi) is 5.89. The van der Waals surface area contributed by atoms with E-state index in [4.69, 9.17) is 9.47 Å². The van der Waals surface area contributed by atoms with E-state index in [1.54, 1.807) is 32.4 Å². The molecule has 5 nitrogen and oxygen atoms in total. The zero-order valence-electron chi connectivity index (χ0n) is 13.1. The van der Waals surface area contributed by atoms with Crippen molar-refractivity contribution in [3.63, 3.8) is 0 Å². The smallest absolute Gasteiger partial charge is 0.319 e. The number of methoxy groups -OCH3 is 2. The van der Waals surface area contributed by atoms with Crippen molar-refractivity contribution in [2.75, 3.05) is 26.1 Å². The summed E-state index contributed by atoms with van der Waals surface area (Å²) in [4.78, 5) is 11.8. The first kappa shape index (κ1) is 16.2. The highest BCUT2D eigenvalue weighted by atomic mass is 16.5. The number of amides is 2. The van der Waals surface area contributed by atoms with E-state index in [-0.39, 0.29) is 12.6 Å². The van der Waals surface area contributed by atoms with Crippen LogP contribution < -0.4 is 20.1 Å². The van der Waals surface area contributed by atoms with Crippen LogP contribution in [0.25, 0.3) is 0 Å². The highest BCUT2D eigenvalue weighted by molar-refractivity contribution is 5.89. The van der Waals surface area contributed by atoms with Crippen LogP contribution in [0, 0.1) is 11.8 Å². The number of para-hydroxylation sites is 1. The molecule has 0 heterocycles. The Morgan fingerprint density at radius 3 is 2.70 bits per heavy atom. The summed E-state index contributed by atoms with van der Waals surface area (Å²) in [5.41, 5.74) is 1.43. The van der Waals surface area contributed by atoms with Gasteiger partial charge in [0.2, 0.25) is 0 Å². The molecule has 0 saturated carbocycles. The molecule has 0 aliphatic carbocycles. The monoisotopic (exact) mass is 310 g/mol. The summed E-state index contributed by atoms with van der Waals surface area (Å²) in [7, 11) is 3.17. The topological polar surface area (TPSA) is 59.6 Å². The van der Waals surface area contributed by atoms with Gasteiger partial charge in [0.25, 0.3) is 0 Å². The van der Waals surface area contributed by atoms with Gasteiger partial charge in [-0.15, -0.1) is 0 Å². The minimum atomic E-state index is -0.326.